The molecule has 0 aliphatic carbocycles. The van der Waals surface area contributed by atoms with Crippen molar-refractivity contribution in [2.45, 2.75) is 51.2 Å². The number of aliphatic imine (C=N–C) groups is 1. The number of amidine groups is 1. The van der Waals surface area contributed by atoms with E-state index in [4.69, 9.17) is 30.5 Å². The molecule has 0 radical (unpaired) electrons. The Hall–Kier alpha value is -5.77. The van der Waals surface area contributed by atoms with Crippen molar-refractivity contribution in [3.8, 4) is 29.1 Å². The van der Waals surface area contributed by atoms with E-state index in [0.717, 1.165) is 24.1 Å². The number of aromatic nitrogens is 2. The number of carboxylic acids is 1. The van der Waals surface area contributed by atoms with Crippen LogP contribution in [0.25, 0.3) is 0 Å². The first-order valence-electron chi connectivity index (χ1n) is 14.9. The average molecular weight is 647 g/mol. The molecule has 1 aromatic heterocycles. The van der Waals surface area contributed by atoms with Crippen LogP contribution in [0.3, 0.4) is 0 Å². The lowest BCUT2D eigenvalue weighted by Crippen LogP contribution is -2.39. The predicted octanol–water partition coefficient (Wildman–Crippen LogP) is 3.21. The van der Waals surface area contributed by atoms with Gasteiger partial charge in [-0.3, -0.25) is 30.1 Å². The number of hydrogen-bond donors (Lipinski definition) is 7. The summed E-state index contributed by atoms with van der Waals surface area (Å²) in [5.74, 6) is -2.31. The lowest BCUT2D eigenvalue weighted by Gasteiger charge is -2.27. The second-order valence-electron chi connectivity index (χ2n) is 10.6. The Morgan fingerprint density at radius 1 is 1.13 bits per heavy atom. The van der Waals surface area contributed by atoms with Crippen LogP contribution in [0.2, 0.25) is 0 Å². The fourth-order valence-electron chi connectivity index (χ4n) is 4.89. The molecule has 0 fully saturated rings. The number of carbonyl (C=O) groups excluding carboxylic acids is 2. The van der Waals surface area contributed by atoms with Gasteiger partial charge in [0.1, 0.15) is 29.5 Å². The van der Waals surface area contributed by atoms with Gasteiger partial charge in [0.25, 0.3) is 5.88 Å². The van der Waals surface area contributed by atoms with Gasteiger partial charge in [-0.25, -0.2) is 0 Å². The topological polar surface area (TPSA) is 243 Å². The van der Waals surface area contributed by atoms with Crippen LogP contribution in [-0.4, -0.2) is 69.3 Å². The Kier molecular flexibility index (Phi) is 10.1. The molecule has 47 heavy (non-hydrogen) atoms. The predicted molar refractivity (Wildman–Crippen MR) is 169 cm³/mol. The van der Waals surface area contributed by atoms with Crippen LogP contribution in [0.5, 0.6) is 29.1 Å². The Morgan fingerprint density at radius 3 is 2.68 bits per heavy atom. The fourth-order valence-corrected chi connectivity index (χ4v) is 4.89. The number of nitrogens with two attached hydrogens (primary N) is 1. The van der Waals surface area contributed by atoms with Crippen molar-refractivity contribution < 1.29 is 38.8 Å². The van der Waals surface area contributed by atoms with E-state index in [1.54, 1.807) is 19.1 Å². The number of phenolic OH excluding ortho intramolecular Hbond substituents is 1. The number of phenols is 1. The number of nitrogens with zero attached hydrogens (tertiary/aromatic N) is 3. The number of rotatable bonds is 13. The number of aliphatic carboxylic acids is 1. The third-order valence-electron chi connectivity index (χ3n) is 7.16. The monoisotopic (exact) mass is 646 g/mol. The van der Waals surface area contributed by atoms with Crippen LogP contribution in [0.4, 0.5) is 11.5 Å². The molecule has 2 aliphatic rings. The number of carbonyl (C=O) groups is 3. The minimum Gasteiger partial charge on any atom is -0.504 e. The molecule has 246 valence electrons. The van der Waals surface area contributed by atoms with E-state index >= 15 is 0 Å². The highest BCUT2D eigenvalue weighted by molar-refractivity contribution is 6.03. The van der Waals surface area contributed by atoms with Gasteiger partial charge in [-0.2, -0.15) is 9.97 Å². The molecule has 3 heterocycles. The first-order chi connectivity index (χ1) is 22.6. The first-order valence-corrected chi connectivity index (χ1v) is 14.9. The highest BCUT2D eigenvalue weighted by Gasteiger charge is 2.31. The molecule has 0 bridgehead atoms. The number of fused-ring (bicyclic) bond motifs is 1. The molecule has 2 aromatic carbocycles. The Morgan fingerprint density at radius 2 is 1.96 bits per heavy atom. The van der Waals surface area contributed by atoms with Gasteiger partial charge < -0.3 is 40.8 Å². The highest BCUT2D eigenvalue weighted by Crippen LogP contribution is 2.40. The zero-order valence-electron chi connectivity index (χ0n) is 25.4. The van der Waals surface area contributed by atoms with Crippen LogP contribution in [0.1, 0.15) is 55.5 Å². The molecule has 0 saturated carbocycles. The van der Waals surface area contributed by atoms with Crippen molar-refractivity contribution in [2.24, 2.45) is 10.7 Å². The molecule has 16 nitrogen and oxygen atoms in total. The van der Waals surface area contributed by atoms with Crippen molar-refractivity contribution in [3.63, 3.8) is 0 Å². The van der Waals surface area contributed by atoms with Crippen molar-refractivity contribution in [3.05, 3.63) is 53.1 Å². The van der Waals surface area contributed by atoms with Gasteiger partial charge in [0, 0.05) is 31.2 Å². The first kappa shape index (κ1) is 32.6. The number of nitrogens with one attached hydrogen (secondary N) is 4. The van der Waals surface area contributed by atoms with Gasteiger partial charge in [0.2, 0.25) is 5.91 Å². The number of esters is 1. The number of anilines is 2. The summed E-state index contributed by atoms with van der Waals surface area (Å²) in [6.45, 7) is 2.72. The summed E-state index contributed by atoms with van der Waals surface area (Å²) in [4.78, 5) is 49.5. The van der Waals surface area contributed by atoms with Gasteiger partial charge in [0.05, 0.1) is 6.61 Å². The quantitative estimate of drug-likeness (QED) is 0.0802. The molecular formula is C31H34N8O8. The number of aromatic hydroxyl groups is 1. The molecule has 16 heteroatoms. The Bertz CT molecular complexity index is 1730. The maximum atomic E-state index is 13.0. The number of nitrogen functional groups attached to an aromatic ring is 1. The maximum Gasteiger partial charge on any atom is 0.327 e. The summed E-state index contributed by atoms with van der Waals surface area (Å²) in [6, 6.07) is 8.23. The van der Waals surface area contributed by atoms with Crippen LogP contribution in [-0.2, 0) is 25.5 Å². The second-order valence-corrected chi connectivity index (χ2v) is 10.6. The Labute approximate surface area is 268 Å². The zero-order chi connectivity index (χ0) is 33.5. The summed E-state index contributed by atoms with van der Waals surface area (Å²) < 4.78 is 17.2. The number of ether oxygens (including phenoxy) is 3. The van der Waals surface area contributed by atoms with Crippen LogP contribution < -0.4 is 31.2 Å². The summed E-state index contributed by atoms with van der Waals surface area (Å²) in [5, 5.41) is 36.3. The molecule has 8 N–H and O–H groups in total. The SMILES string of the molecule is CCOC(=O)CCc1cc(Oc2nc(Oc3cc(C(=N)N)ccc3O)nc3c2NC(=O)C(CCC(=O)O)N3)cc(C2N=CCCN2)c1. The van der Waals surface area contributed by atoms with E-state index in [2.05, 4.69) is 30.9 Å². The zero-order valence-corrected chi connectivity index (χ0v) is 25.4. The van der Waals surface area contributed by atoms with E-state index in [0.29, 0.717) is 12.2 Å². The van der Waals surface area contributed by atoms with E-state index < -0.39 is 17.9 Å². The summed E-state index contributed by atoms with van der Waals surface area (Å²) >= 11 is 0. The third kappa shape index (κ3) is 8.29. The number of amides is 1. The second kappa shape index (κ2) is 14.6. The summed E-state index contributed by atoms with van der Waals surface area (Å²) in [5.41, 5.74) is 7.47. The van der Waals surface area contributed by atoms with Crippen LogP contribution in [0.15, 0.2) is 41.4 Å². The summed E-state index contributed by atoms with van der Waals surface area (Å²) in [7, 11) is 0. The molecular weight excluding hydrogens is 612 g/mol. The number of hydrogen-bond acceptors (Lipinski definition) is 13. The Balaban J connectivity index is 1.54. The van der Waals surface area contributed by atoms with Gasteiger partial charge in [-0.1, -0.05) is 6.07 Å². The van der Waals surface area contributed by atoms with Crippen molar-refractivity contribution >= 4 is 41.4 Å². The molecule has 1 amide bonds. The van der Waals surface area contributed by atoms with Gasteiger partial charge in [0.15, 0.2) is 17.3 Å². The lowest BCUT2D eigenvalue weighted by atomic mass is 10.0. The van der Waals surface area contributed by atoms with Gasteiger partial charge in [-0.15, -0.1) is 0 Å². The number of carboxylic acid groups (broad SMARTS) is 1. The van der Waals surface area contributed by atoms with Crippen molar-refractivity contribution in [1.29, 1.82) is 5.41 Å². The molecule has 2 unspecified atom stereocenters. The molecule has 5 rings (SSSR count). The fraction of sp³-hybridized carbons (Fsp3) is 0.323. The minimum absolute atomic E-state index is 0.0286. The van der Waals surface area contributed by atoms with E-state index in [-0.39, 0.29) is 84.3 Å². The molecule has 3 aromatic rings. The van der Waals surface area contributed by atoms with Gasteiger partial charge >= 0.3 is 17.9 Å². The maximum absolute atomic E-state index is 13.0. The molecule has 0 saturated heterocycles. The normalized spacial score (nSPS) is 16.7. The third-order valence-corrected chi connectivity index (χ3v) is 7.16. The lowest BCUT2D eigenvalue weighted by molar-refractivity contribution is -0.143. The van der Waals surface area contributed by atoms with Crippen molar-refractivity contribution in [2.75, 3.05) is 23.8 Å². The summed E-state index contributed by atoms with van der Waals surface area (Å²) in [6.07, 6.45) is 2.44. The van der Waals surface area contributed by atoms with Crippen LogP contribution >= 0.6 is 0 Å². The van der Waals surface area contributed by atoms with E-state index in [9.17, 15) is 19.5 Å². The smallest absolute Gasteiger partial charge is 0.327 e. The standard InChI is InChI=1S/C31H34N8O8/c1-2-45-24(43)9-4-16-12-18(27-34-10-3-11-35-27)14-19(13-16)46-30-25-28(36-20(29(44)37-25)6-8-23(41)42)38-31(39-30)47-22-15-17(26(32)33)5-7-21(22)40/h5,7,10,12-15,20,27,35,40H,2-4,6,8-9,11H2,1H3,(H3,32,33)(H,37,44)(H,41,42)(H,36,38,39). The molecule has 0 spiro atoms. The van der Waals surface area contributed by atoms with Gasteiger partial charge in [-0.05, 0) is 67.6 Å². The highest BCUT2D eigenvalue weighted by atomic mass is 16.5. The molecule has 2 aliphatic heterocycles. The average Bonchev–Trinajstić information content (AvgIpc) is 3.04. The minimum atomic E-state index is -1.07. The van der Waals surface area contributed by atoms with Crippen molar-refractivity contribution in [1.82, 2.24) is 15.3 Å². The largest absolute Gasteiger partial charge is 0.504 e. The number of benzene rings is 2. The number of aryl methyl sites for hydroxylation is 1. The van der Waals surface area contributed by atoms with E-state index in [1.807, 2.05) is 12.3 Å². The van der Waals surface area contributed by atoms with Crippen LogP contribution in [0, 0.1) is 5.41 Å². The molecule has 2 atom stereocenters. The van der Waals surface area contributed by atoms with E-state index in [1.165, 1.54) is 18.2 Å².